The molecule has 2 heterocycles. The fraction of sp³-hybridized carbons (Fsp3) is 0.125. The van der Waals surface area contributed by atoms with Crippen LogP contribution < -0.4 is 0 Å². The number of amides is 2. The number of aryl methyl sites for hydroxylation is 1. The number of benzene rings is 2. The highest BCUT2D eigenvalue weighted by molar-refractivity contribution is 8.18. The molecule has 5 nitrogen and oxygen atoms in total. The van der Waals surface area contributed by atoms with Gasteiger partial charge in [-0.1, -0.05) is 23.2 Å². The van der Waals surface area contributed by atoms with E-state index < -0.39 is 11.1 Å². The van der Waals surface area contributed by atoms with E-state index >= 15 is 0 Å². The number of hydrogen-bond donors (Lipinski definition) is 0. The molecule has 32 heavy (non-hydrogen) atoms. The molecule has 0 unspecified atom stereocenters. The third-order valence-electron chi connectivity index (χ3n) is 5.18. The summed E-state index contributed by atoms with van der Waals surface area (Å²) in [5.41, 5.74) is 4.07. The van der Waals surface area contributed by atoms with Gasteiger partial charge in [-0.25, -0.2) is 0 Å². The van der Waals surface area contributed by atoms with Crippen molar-refractivity contribution in [2.24, 2.45) is 0 Å². The number of hydrogen-bond acceptors (Lipinski definition) is 4. The maximum Gasteiger partial charge on any atom is 0.293 e. The van der Waals surface area contributed by atoms with E-state index in [1.165, 1.54) is 0 Å². The van der Waals surface area contributed by atoms with Crippen LogP contribution in [0.15, 0.2) is 59.5 Å². The summed E-state index contributed by atoms with van der Waals surface area (Å²) < 4.78 is 2.05. The lowest BCUT2D eigenvalue weighted by molar-refractivity contribution is -0.122. The second-order valence-electron chi connectivity index (χ2n) is 7.34. The molecule has 0 saturated carbocycles. The van der Waals surface area contributed by atoms with Gasteiger partial charge in [0.25, 0.3) is 11.1 Å². The molecule has 1 saturated heterocycles. The Morgan fingerprint density at radius 3 is 2.19 bits per heavy atom. The van der Waals surface area contributed by atoms with Gasteiger partial charge in [0.2, 0.25) is 0 Å². The lowest BCUT2D eigenvalue weighted by atomic mass is 10.1. The van der Waals surface area contributed by atoms with E-state index in [4.69, 9.17) is 23.2 Å². The second kappa shape index (κ2) is 8.98. The van der Waals surface area contributed by atoms with Crippen molar-refractivity contribution in [2.75, 3.05) is 6.54 Å². The van der Waals surface area contributed by atoms with Crippen molar-refractivity contribution in [3.8, 4) is 5.69 Å². The molecule has 1 fully saturated rings. The van der Waals surface area contributed by atoms with Crippen LogP contribution in [0.4, 0.5) is 4.79 Å². The fourth-order valence-electron chi connectivity index (χ4n) is 3.57. The van der Waals surface area contributed by atoms with Gasteiger partial charge < -0.3 is 4.57 Å². The average Bonchev–Trinajstić information content (AvgIpc) is 3.18. The summed E-state index contributed by atoms with van der Waals surface area (Å²) >= 11 is 12.7. The third-order valence-corrected chi connectivity index (χ3v) is 6.59. The van der Waals surface area contributed by atoms with Gasteiger partial charge in [0, 0.05) is 32.7 Å². The lowest BCUT2D eigenvalue weighted by Gasteiger charge is -2.11. The van der Waals surface area contributed by atoms with E-state index in [1.807, 2.05) is 44.2 Å². The largest absolute Gasteiger partial charge is 0.318 e. The molecule has 0 N–H and O–H groups in total. The Labute approximate surface area is 199 Å². The lowest BCUT2D eigenvalue weighted by Crippen LogP contribution is -2.33. The number of rotatable bonds is 5. The topological polar surface area (TPSA) is 59.4 Å². The molecular weight excluding hydrogens is 467 g/mol. The summed E-state index contributed by atoms with van der Waals surface area (Å²) in [6.45, 7) is 3.60. The molecule has 4 rings (SSSR count). The molecule has 1 aromatic heterocycles. The highest BCUT2D eigenvalue weighted by Crippen LogP contribution is 2.34. The van der Waals surface area contributed by atoms with Crippen molar-refractivity contribution >= 4 is 58.0 Å². The first kappa shape index (κ1) is 22.4. The van der Waals surface area contributed by atoms with Crippen LogP contribution in [0.2, 0.25) is 10.0 Å². The highest BCUT2D eigenvalue weighted by atomic mass is 35.5. The van der Waals surface area contributed by atoms with Gasteiger partial charge >= 0.3 is 0 Å². The Morgan fingerprint density at radius 2 is 1.56 bits per heavy atom. The van der Waals surface area contributed by atoms with Crippen molar-refractivity contribution in [1.82, 2.24) is 9.47 Å². The van der Waals surface area contributed by atoms with E-state index in [1.54, 1.807) is 30.3 Å². The molecule has 0 atom stereocenters. The summed E-state index contributed by atoms with van der Waals surface area (Å²) in [6.07, 6.45) is 1.70. The summed E-state index contributed by atoms with van der Waals surface area (Å²) in [4.78, 5) is 39.1. The molecule has 0 radical (unpaired) electrons. The molecule has 2 aromatic carbocycles. The Balaban J connectivity index is 1.58. The van der Waals surface area contributed by atoms with Gasteiger partial charge in [0.1, 0.15) is 0 Å². The van der Waals surface area contributed by atoms with Crippen LogP contribution in [0.3, 0.4) is 0 Å². The van der Waals surface area contributed by atoms with Crippen molar-refractivity contribution in [2.45, 2.75) is 13.8 Å². The smallest absolute Gasteiger partial charge is 0.293 e. The molecule has 3 aromatic rings. The van der Waals surface area contributed by atoms with Crippen LogP contribution in [0.1, 0.15) is 27.3 Å². The minimum Gasteiger partial charge on any atom is -0.318 e. The monoisotopic (exact) mass is 484 g/mol. The van der Waals surface area contributed by atoms with Crippen molar-refractivity contribution < 1.29 is 14.4 Å². The summed E-state index contributed by atoms with van der Waals surface area (Å²) in [5.74, 6) is -0.801. The molecule has 162 valence electrons. The van der Waals surface area contributed by atoms with E-state index in [-0.39, 0.29) is 17.2 Å². The molecule has 0 bridgehead atoms. The zero-order chi connectivity index (χ0) is 23.0. The van der Waals surface area contributed by atoms with Gasteiger partial charge in [-0.05, 0) is 91.8 Å². The normalized spacial score (nSPS) is 15.1. The number of carbonyl (C=O) groups is 3. The molecule has 8 heteroatoms. The van der Waals surface area contributed by atoms with Gasteiger partial charge in [-0.3, -0.25) is 19.3 Å². The number of thioether (sulfide) groups is 1. The number of aromatic nitrogens is 1. The molecular formula is C24H18Cl2N2O3S. The average molecular weight is 485 g/mol. The Morgan fingerprint density at radius 1 is 0.969 bits per heavy atom. The van der Waals surface area contributed by atoms with Crippen LogP contribution in [0.25, 0.3) is 11.8 Å². The number of carbonyl (C=O) groups excluding carboxylic acids is 3. The quantitative estimate of drug-likeness (QED) is 0.314. The molecule has 1 aliphatic heterocycles. The zero-order valence-electron chi connectivity index (χ0n) is 17.3. The van der Waals surface area contributed by atoms with Crippen molar-refractivity contribution in [3.05, 3.63) is 92.1 Å². The second-order valence-corrected chi connectivity index (χ2v) is 9.20. The van der Waals surface area contributed by atoms with Crippen molar-refractivity contribution in [3.63, 3.8) is 0 Å². The van der Waals surface area contributed by atoms with Gasteiger partial charge in [0.05, 0.1) is 11.4 Å². The van der Waals surface area contributed by atoms with Crippen LogP contribution in [-0.4, -0.2) is 32.9 Å². The van der Waals surface area contributed by atoms with Crippen LogP contribution in [0.5, 0.6) is 0 Å². The maximum absolute atomic E-state index is 12.9. The fourth-order valence-corrected chi connectivity index (χ4v) is 4.65. The van der Waals surface area contributed by atoms with Crippen LogP contribution >= 0.6 is 35.0 Å². The number of ketones is 1. The van der Waals surface area contributed by atoms with Gasteiger partial charge in [-0.2, -0.15) is 0 Å². The predicted molar refractivity (Wildman–Crippen MR) is 129 cm³/mol. The first-order valence-corrected chi connectivity index (χ1v) is 11.3. The molecule has 0 aliphatic carbocycles. The van der Waals surface area contributed by atoms with E-state index in [0.717, 1.165) is 39.3 Å². The number of Topliss-reactive ketones (excluding diaryl/α,β-unsaturated/α-hetero) is 1. The number of halogens is 2. The van der Waals surface area contributed by atoms with Crippen LogP contribution in [0, 0.1) is 13.8 Å². The SMILES string of the molecule is Cc1cc(/C=C2/SC(=O)N(CC(=O)c3ccc(Cl)cc3)C2=O)c(C)n1-c1ccc(Cl)cc1. The zero-order valence-corrected chi connectivity index (χ0v) is 19.6. The number of nitrogens with zero attached hydrogens (tertiary/aromatic N) is 2. The summed E-state index contributed by atoms with van der Waals surface area (Å²) in [7, 11) is 0. The highest BCUT2D eigenvalue weighted by Gasteiger charge is 2.36. The minimum atomic E-state index is -0.474. The standard InChI is InChI=1S/C24H18Cl2N2O3S/c1-14-11-17(15(2)28(14)20-9-7-19(26)8-10-20)12-22-23(30)27(24(31)32-22)13-21(29)16-3-5-18(25)6-4-16/h3-12H,13H2,1-2H3/b22-12+. The minimum absolute atomic E-state index is 0.287. The summed E-state index contributed by atoms with van der Waals surface area (Å²) in [5, 5.41) is 0.695. The molecule has 0 spiro atoms. The number of imide groups is 1. The van der Waals surface area contributed by atoms with Gasteiger partial charge in [-0.15, -0.1) is 0 Å². The van der Waals surface area contributed by atoms with Crippen molar-refractivity contribution in [1.29, 1.82) is 0 Å². The first-order valence-electron chi connectivity index (χ1n) is 9.73. The first-order chi connectivity index (χ1) is 15.2. The van der Waals surface area contributed by atoms with E-state index in [2.05, 4.69) is 4.57 Å². The van der Waals surface area contributed by atoms with Gasteiger partial charge in [0.15, 0.2) is 5.78 Å². The third kappa shape index (κ3) is 4.39. The molecule has 2 amide bonds. The van der Waals surface area contributed by atoms with E-state index in [0.29, 0.717) is 15.6 Å². The van der Waals surface area contributed by atoms with Crippen LogP contribution in [-0.2, 0) is 4.79 Å². The molecule has 1 aliphatic rings. The Kier molecular flexibility index (Phi) is 6.29. The predicted octanol–water partition coefficient (Wildman–Crippen LogP) is 6.32. The Hall–Kier alpha value is -2.80. The maximum atomic E-state index is 12.9. The van der Waals surface area contributed by atoms with E-state index in [9.17, 15) is 14.4 Å². The Bertz CT molecular complexity index is 1260. The summed E-state index contributed by atoms with van der Waals surface area (Å²) in [6, 6.07) is 15.8.